The van der Waals surface area contributed by atoms with Gasteiger partial charge in [0.2, 0.25) is 0 Å². The first-order valence-corrected chi connectivity index (χ1v) is 5.49. The van der Waals surface area contributed by atoms with E-state index >= 15 is 0 Å². The molecule has 3 heteroatoms. The largest absolute Gasteiger partial charge is 0.242 e. The van der Waals surface area contributed by atoms with Crippen molar-refractivity contribution in [3.05, 3.63) is 45.9 Å². The van der Waals surface area contributed by atoms with Gasteiger partial charge in [0, 0.05) is 16.0 Å². The normalized spacial score (nSPS) is 13.1. The van der Waals surface area contributed by atoms with Crippen LogP contribution in [-0.2, 0) is 0 Å². The van der Waals surface area contributed by atoms with Gasteiger partial charge < -0.3 is 0 Å². The molecule has 0 fully saturated rings. The van der Waals surface area contributed by atoms with Crippen LogP contribution in [0.5, 0.6) is 0 Å². The summed E-state index contributed by atoms with van der Waals surface area (Å²) in [6, 6.07) is 0. The molecule has 0 saturated heterocycles. The Kier molecular flexibility index (Phi) is 4.11. The van der Waals surface area contributed by atoms with E-state index in [0.29, 0.717) is 0 Å². The fraction of sp³-hybridized carbons (Fsp3) is 0.182. The van der Waals surface area contributed by atoms with Gasteiger partial charge in [-0.05, 0) is 13.8 Å². The van der Waals surface area contributed by atoms with Crippen molar-refractivity contribution in [1.29, 1.82) is 0 Å². The zero-order valence-electron chi connectivity index (χ0n) is 8.25. The van der Waals surface area contributed by atoms with Gasteiger partial charge in [0.05, 0.1) is 10.7 Å². The molecule has 0 saturated carbocycles. The Morgan fingerprint density at radius 2 is 2.36 bits per heavy atom. The second-order valence-electron chi connectivity index (χ2n) is 2.79. The Balaban J connectivity index is 3.08. The first-order valence-electron chi connectivity index (χ1n) is 4.23. The van der Waals surface area contributed by atoms with Crippen molar-refractivity contribution in [2.24, 2.45) is 0 Å². The lowest BCUT2D eigenvalue weighted by Crippen LogP contribution is -1.83. The van der Waals surface area contributed by atoms with E-state index in [1.807, 2.05) is 31.4 Å². The Morgan fingerprint density at radius 1 is 1.64 bits per heavy atom. The third-order valence-corrected chi connectivity index (χ3v) is 2.64. The van der Waals surface area contributed by atoms with E-state index in [2.05, 4.69) is 11.6 Å². The predicted octanol–water partition coefficient (Wildman–Crippen LogP) is 4.16. The maximum absolute atomic E-state index is 5.98. The van der Waals surface area contributed by atoms with Crippen LogP contribution in [0.3, 0.4) is 0 Å². The highest BCUT2D eigenvalue weighted by Gasteiger charge is 2.04. The second-order valence-corrected chi connectivity index (χ2v) is 4.42. The molecule has 1 rings (SSSR count). The van der Waals surface area contributed by atoms with Crippen molar-refractivity contribution in [1.82, 2.24) is 4.98 Å². The molecule has 0 aliphatic heterocycles. The van der Waals surface area contributed by atoms with Crippen molar-refractivity contribution < 1.29 is 0 Å². The van der Waals surface area contributed by atoms with Crippen LogP contribution in [0.2, 0.25) is 0 Å². The molecule has 0 unspecified atom stereocenters. The fourth-order valence-electron chi connectivity index (χ4n) is 1.03. The molecule has 0 aromatic carbocycles. The average Bonchev–Trinajstić information content (AvgIpc) is 2.52. The summed E-state index contributed by atoms with van der Waals surface area (Å²) >= 11 is 7.60. The number of hydrogen-bond acceptors (Lipinski definition) is 2. The first kappa shape index (κ1) is 11.2. The van der Waals surface area contributed by atoms with Crippen molar-refractivity contribution in [2.75, 3.05) is 0 Å². The van der Waals surface area contributed by atoms with E-state index in [-0.39, 0.29) is 0 Å². The highest BCUT2D eigenvalue weighted by molar-refractivity contribution is 7.09. The Morgan fingerprint density at radius 3 is 2.79 bits per heavy atom. The van der Waals surface area contributed by atoms with Gasteiger partial charge in [-0.25, -0.2) is 4.98 Å². The van der Waals surface area contributed by atoms with E-state index in [4.69, 9.17) is 11.6 Å². The van der Waals surface area contributed by atoms with Crippen LogP contribution in [-0.4, -0.2) is 4.98 Å². The van der Waals surface area contributed by atoms with Gasteiger partial charge in [-0.3, -0.25) is 0 Å². The Bertz CT molecular complexity index is 384. The van der Waals surface area contributed by atoms with Crippen LogP contribution in [0.1, 0.15) is 17.6 Å². The lowest BCUT2D eigenvalue weighted by atomic mass is 10.2. The number of allylic oxidation sites excluding steroid dienone is 5. The van der Waals surface area contributed by atoms with Gasteiger partial charge in [-0.2, -0.15) is 0 Å². The molecule has 0 radical (unpaired) electrons. The standard InChI is InChI=1S/C11H12ClNS/c1-4-5-6-10(8(2)12)11-7-14-9(3)13-11/h4-7H,1H2,2-3H3/b6-5-,10-8-. The van der Waals surface area contributed by atoms with Gasteiger partial charge >= 0.3 is 0 Å². The maximum atomic E-state index is 5.98. The highest BCUT2D eigenvalue weighted by atomic mass is 35.5. The smallest absolute Gasteiger partial charge is 0.0901 e. The molecule has 0 atom stereocenters. The monoisotopic (exact) mass is 225 g/mol. The maximum Gasteiger partial charge on any atom is 0.0901 e. The summed E-state index contributed by atoms with van der Waals surface area (Å²) in [4.78, 5) is 4.38. The molecule has 1 nitrogen and oxygen atoms in total. The lowest BCUT2D eigenvalue weighted by Gasteiger charge is -1.98. The third kappa shape index (κ3) is 2.82. The van der Waals surface area contributed by atoms with Crippen LogP contribution in [0.15, 0.2) is 35.2 Å². The summed E-state index contributed by atoms with van der Waals surface area (Å²) in [5.41, 5.74) is 1.88. The van der Waals surface area contributed by atoms with Crippen LogP contribution in [0.25, 0.3) is 5.57 Å². The number of aryl methyl sites for hydroxylation is 1. The van der Waals surface area contributed by atoms with Gasteiger partial charge in [-0.1, -0.05) is 36.4 Å². The quantitative estimate of drug-likeness (QED) is 0.704. The minimum atomic E-state index is 0.744. The lowest BCUT2D eigenvalue weighted by molar-refractivity contribution is 1.26. The highest BCUT2D eigenvalue weighted by Crippen LogP contribution is 2.23. The zero-order chi connectivity index (χ0) is 10.6. The van der Waals surface area contributed by atoms with Gasteiger partial charge in [0.15, 0.2) is 0 Å². The van der Waals surface area contributed by atoms with Crippen molar-refractivity contribution in [3.8, 4) is 0 Å². The molecule has 14 heavy (non-hydrogen) atoms. The second kappa shape index (κ2) is 5.13. The molecular formula is C11H12ClNS. The number of halogens is 1. The van der Waals surface area contributed by atoms with Crippen LogP contribution in [0, 0.1) is 6.92 Å². The van der Waals surface area contributed by atoms with E-state index in [9.17, 15) is 0 Å². The number of rotatable bonds is 3. The minimum absolute atomic E-state index is 0.744. The minimum Gasteiger partial charge on any atom is -0.242 e. The van der Waals surface area contributed by atoms with Crippen molar-refractivity contribution in [3.63, 3.8) is 0 Å². The Hall–Kier alpha value is -0.860. The SMILES string of the molecule is C=C/C=C\C(=C(/C)Cl)c1csc(C)n1. The molecular weight excluding hydrogens is 214 g/mol. The fourth-order valence-corrected chi connectivity index (χ4v) is 1.80. The van der Waals surface area contributed by atoms with E-state index in [1.54, 1.807) is 17.4 Å². The Labute approximate surface area is 93.4 Å². The molecule has 74 valence electrons. The van der Waals surface area contributed by atoms with Crippen LogP contribution in [0.4, 0.5) is 0 Å². The van der Waals surface area contributed by atoms with Crippen molar-refractivity contribution in [2.45, 2.75) is 13.8 Å². The molecule has 0 bridgehead atoms. The molecule has 1 aromatic rings. The van der Waals surface area contributed by atoms with Gasteiger partial charge in [-0.15, -0.1) is 11.3 Å². The number of nitrogens with zero attached hydrogens (tertiary/aromatic N) is 1. The van der Waals surface area contributed by atoms with E-state index in [0.717, 1.165) is 21.3 Å². The molecule has 1 heterocycles. The van der Waals surface area contributed by atoms with Crippen molar-refractivity contribution >= 4 is 28.5 Å². The number of hydrogen-bond donors (Lipinski definition) is 0. The number of aromatic nitrogens is 1. The van der Waals surface area contributed by atoms with Gasteiger partial charge in [0.25, 0.3) is 0 Å². The van der Waals surface area contributed by atoms with Crippen LogP contribution >= 0.6 is 22.9 Å². The summed E-state index contributed by atoms with van der Waals surface area (Å²) < 4.78 is 0. The first-order chi connectivity index (χ1) is 6.65. The molecule has 1 aromatic heterocycles. The molecule has 0 amide bonds. The zero-order valence-corrected chi connectivity index (χ0v) is 9.82. The van der Waals surface area contributed by atoms with Crippen LogP contribution < -0.4 is 0 Å². The predicted molar refractivity (Wildman–Crippen MR) is 64.6 cm³/mol. The summed E-state index contributed by atoms with van der Waals surface area (Å²) in [6.45, 7) is 7.46. The van der Waals surface area contributed by atoms with E-state index < -0.39 is 0 Å². The van der Waals surface area contributed by atoms with Gasteiger partial charge in [0.1, 0.15) is 0 Å². The molecule has 0 spiro atoms. The third-order valence-electron chi connectivity index (χ3n) is 1.67. The molecule has 0 aliphatic carbocycles. The summed E-state index contributed by atoms with van der Waals surface area (Å²) in [6.07, 6.45) is 5.50. The molecule has 0 aliphatic rings. The average molecular weight is 226 g/mol. The number of thiazole rings is 1. The summed E-state index contributed by atoms with van der Waals surface area (Å²) in [5, 5.41) is 3.79. The summed E-state index contributed by atoms with van der Waals surface area (Å²) in [5.74, 6) is 0. The van der Waals surface area contributed by atoms with E-state index in [1.165, 1.54) is 0 Å². The molecule has 0 N–H and O–H groups in total. The summed E-state index contributed by atoms with van der Waals surface area (Å²) in [7, 11) is 0. The topological polar surface area (TPSA) is 12.9 Å².